The second-order valence-corrected chi connectivity index (χ2v) is 9.21. The van der Waals surface area contributed by atoms with Gasteiger partial charge in [0.15, 0.2) is 6.61 Å². The zero-order valence-corrected chi connectivity index (χ0v) is 17.6. The zero-order valence-electron chi connectivity index (χ0n) is 16.8. The van der Waals surface area contributed by atoms with Gasteiger partial charge in [0.25, 0.3) is 5.91 Å². The van der Waals surface area contributed by atoms with E-state index in [1.54, 1.807) is 0 Å². The molecule has 0 spiro atoms. The molecule has 0 aliphatic carbocycles. The van der Waals surface area contributed by atoms with Crippen LogP contribution in [0.4, 0.5) is 0 Å². The minimum absolute atomic E-state index is 0.0634. The normalized spacial score (nSPS) is 16.1. The first kappa shape index (κ1) is 22.4. The first-order valence-corrected chi connectivity index (χ1v) is 11.3. The van der Waals surface area contributed by atoms with Crippen molar-refractivity contribution in [2.45, 2.75) is 57.4 Å². The van der Waals surface area contributed by atoms with E-state index in [4.69, 9.17) is 4.74 Å². The third-order valence-corrected chi connectivity index (χ3v) is 7.07. The molecule has 0 bridgehead atoms. The van der Waals surface area contributed by atoms with Gasteiger partial charge in [-0.2, -0.15) is 4.31 Å². The highest BCUT2D eigenvalue weighted by Crippen LogP contribution is 2.23. The number of nitrogens with zero attached hydrogens (tertiary/aromatic N) is 1. The lowest BCUT2D eigenvalue weighted by atomic mass is 10.0. The van der Waals surface area contributed by atoms with Gasteiger partial charge in [-0.15, -0.1) is 0 Å². The van der Waals surface area contributed by atoms with Gasteiger partial charge >= 0.3 is 5.97 Å². The van der Waals surface area contributed by atoms with Crippen LogP contribution in [0, 0.1) is 5.92 Å². The van der Waals surface area contributed by atoms with Crippen molar-refractivity contribution < 1.29 is 22.7 Å². The van der Waals surface area contributed by atoms with Crippen molar-refractivity contribution in [3.63, 3.8) is 0 Å². The maximum atomic E-state index is 12.7. The number of hydrogen-bond donors (Lipinski definition) is 1. The number of hydrogen-bond acceptors (Lipinski definition) is 5. The van der Waals surface area contributed by atoms with Crippen molar-refractivity contribution in [1.82, 2.24) is 9.62 Å². The van der Waals surface area contributed by atoms with Crippen LogP contribution in [-0.4, -0.2) is 50.3 Å². The molecule has 7 nitrogen and oxygen atoms in total. The molecule has 1 fully saturated rings. The lowest BCUT2D eigenvalue weighted by molar-refractivity contribution is -0.125. The fourth-order valence-electron chi connectivity index (χ4n) is 3.11. The fourth-order valence-corrected chi connectivity index (χ4v) is 4.58. The number of benzene rings is 1. The van der Waals surface area contributed by atoms with Crippen molar-refractivity contribution in [1.29, 1.82) is 0 Å². The first-order valence-electron chi connectivity index (χ1n) is 9.84. The SMILES string of the molecule is CCC(CC)NC(=O)COC(=O)c1ccc(S(=O)(=O)N2CCC(C)CC2)cc1. The van der Waals surface area contributed by atoms with Crippen LogP contribution in [0.25, 0.3) is 0 Å². The molecule has 1 aromatic carbocycles. The first-order chi connectivity index (χ1) is 13.3. The number of sulfonamides is 1. The van der Waals surface area contributed by atoms with E-state index in [0.717, 1.165) is 25.7 Å². The van der Waals surface area contributed by atoms with Gasteiger partial charge < -0.3 is 10.1 Å². The van der Waals surface area contributed by atoms with Gasteiger partial charge in [-0.05, 0) is 55.9 Å². The average Bonchev–Trinajstić information content (AvgIpc) is 2.70. The van der Waals surface area contributed by atoms with Crippen molar-refractivity contribution >= 4 is 21.9 Å². The van der Waals surface area contributed by atoms with Crippen LogP contribution in [-0.2, 0) is 19.6 Å². The number of nitrogens with one attached hydrogen (secondary N) is 1. The summed E-state index contributed by atoms with van der Waals surface area (Å²) in [4.78, 5) is 24.1. The van der Waals surface area contributed by atoms with Gasteiger partial charge in [-0.25, -0.2) is 13.2 Å². The molecule has 0 unspecified atom stereocenters. The largest absolute Gasteiger partial charge is 0.452 e. The van der Waals surface area contributed by atoms with Crippen LogP contribution in [0.2, 0.25) is 0 Å². The van der Waals surface area contributed by atoms with Crippen molar-refractivity contribution in [3.05, 3.63) is 29.8 Å². The summed E-state index contributed by atoms with van der Waals surface area (Å²) < 4.78 is 31.9. The topological polar surface area (TPSA) is 92.8 Å². The molecule has 1 aromatic rings. The average molecular weight is 411 g/mol. The summed E-state index contributed by atoms with van der Waals surface area (Å²) in [5.41, 5.74) is 0.210. The zero-order chi connectivity index (χ0) is 20.7. The molecule has 2 rings (SSSR count). The van der Waals surface area contributed by atoms with Crippen molar-refractivity contribution in [2.24, 2.45) is 5.92 Å². The number of ether oxygens (including phenoxy) is 1. The Kier molecular flexibility index (Phi) is 8.00. The second-order valence-electron chi connectivity index (χ2n) is 7.27. The summed E-state index contributed by atoms with van der Waals surface area (Å²) in [5, 5.41) is 2.79. The van der Waals surface area contributed by atoms with E-state index >= 15 is 0 Å². The van der Waals surface area contributed by atoms with Gasteiger partial charge in [0.1, 0.15) is 0 Å². The molecule has 28 heavy (non-hydrogen) atoms. The van der Waals surface area contributed by atoms with E-state index < -0.39 is 16.0 Å². The predicted molar refractivity (Wildman–Crippen MR) is 106 cm³/mol. The molecule has 1 heterocycles. The Bertz CT molecular complexity index is 764. The molecule has 0 radical (unpaired) electrons. The quantitative estimate of drug-likeness (QED) is 0.665. The van der Waals surface area contributed by atoms with Gasteiger partial charge in [-0.1, -0.05) is 20.8 Å². The third kappa shape index (κ3) is 5.78. The van der Waals surface area contributed by atoms with Crippen LogP contribution < -0.4 is 5.32 Å². The molecule has 1 N–H and O–H groups in total. The number of rotatable bonds is 8. The number of carbonyl (C=O) groups is 2. The molecule has 0 saturated carbocycles. The third-order valence-electron chi connectivity index (χ3n) is 5.16. The Morgan fingerprint density at radius 2 is 1.71 bits per heavy atom. The monoisotopic (exact) mass is 410 g/mol. The summed E-state index contributed by atoms with van der Waals surface area (Å²) in [6.07, 6.45) is 3.31. The van der Waals surface area contributed by atoms with Crippen molar-refractivity contribution in [3.8, 4) is 0 Å². The van der Waals surface area contributed by atoms with E-state index in [0.29, 0.717) is 19.0 Å². The van der Waals surface area contributed by atoms with Gasteiger partial charge in [0, 0.05) is 19.1 Å². The molecule has 0 aromatic heterocycles. The molecule has 1 aliphatic heterocycles. The van der Waals surface area contributed by atoms with E-state index in [9.17, 15) is 18.0 Å². The fraction of sp³-hybridized carbons (Fsp3) is 0.600. The van der Waals surface area contributed by atoms with Crippen LogP contribution in [0.5, 0.6) is 0 Å². The van der Waals surface area contributed by atoms with E-state index in [2.05, 4.69) is 12.2 Å². The van der Waals surface area contributed by atoms with E-state index in [1.165, 1.54) is 28.6 Å². The predicted octanol–water partition coefficient (Wildman–Crippen LogP) is 2.57. The Balaban J connectivity index is 1.94. The second kappa shape index (κ2) is 10.0. The summed E-state index contributed by atoms with van der Waals surface area (Å²) in [5.74, 6) is -0.471. The number of piperidine rings is 1. The molecule has 1 aliphatic rings. The highest BCUT2D eigenvalue weighted by Gasteiger charge is 2.28. The van der Waals surface area contributed by atoms with E-state index in [-0.39, 0.29) is 29.0 Å². The van der Waals surface area contributed by atoms with Crippen LogP contribution >= 0.6 is 0 Å². The highest BCUT2D eigenvalue weighted by molar-refractivity contribution is 7.89. The number of esters is 1. The van der Waals surface area contributed by atoms with Gasteiger partial charge in [0.05, 0.1) is 10.5 Å². The lowest BCUT2D eigenvalue weighted by Crippen LogP contribution is -2.37. The Morgan fingerprint density at radius 1 is 1.14 bits per heavy atom. The van der Waals surface area contributed by atoms with Gasteiger partial charge in [-0.3, -0.25) is 4.79 Å². The minimum atomic E-state index is -3.56. The standard InChI is InChI=1S/C20H30N2O5S/c1-4-17(5-2)21-19(23)14-27-20(24)16-6-8-18(9-7-16)28(25,26)22-12-10-15(3)11-13-22/h6-9,15,17H,4-5,10-14H2,1-3H3,(H,21,23). The van der Waals surface area contributed by atoms with Gasteiger partial charge in [0.2, 0.25) is 10.0 Å². The highest BCUT2D eigenvalue weighted by atomic mass is 32.2. The number of carbonyl (C=O) groups excluding carboxylic acids is 2. The number of amides is 1. The molecule has 0 atom stereocenters. The van der Waals surface area contributed by atoms with Crippen molar-refractivity contribution in [2.75, 3.05) is 19.7 Å². The Morgan fingerprint density at radius 3 is 2.25 bits per heavy atom. The smallest absolute Gasteiger partial charge is 0.338 e. The Hall–Kier alpha value is -1.93. The summed E-state index contributed by atoms with van der Waals surface area (Å²) in [6.45, 7) is 6.73. The molecule has 1 amide bonds. The molecular weight excluding hydrogens is 380 g/mol. The summed E-state index contributed by atoms with van der Waals surface area (Å²) in [7, 11) is -3.56. The molecular formula is C20H30N2O5S. The molecule has 1 saturated heterocycles. The Labute approximate surface area is 167 Å². The lowest BCUT2D eigenvalue weighted by Gasteiger charge is -2.29. The molecule has 156 valence electrons. The molecule has 8 heteroatoms. The van der Waals surface area contributed by atoms with E-state index in [1.807, 2.05) is 13.8 Å². The van der Waals surface area contributed by atoms with Crippen LogP contribution in [0.1, 0.15) is 56.8 Å². The van der Waals surface area contributed by atoms with Crippen LogP contribution in [0.3, 0.4) is 0 Å². The maximum absolute atomic E-state index is 12.7. The summed E-state index contributed by atoms with van der Waals surface area (Å²) in [6, 6.07) is 5.72. The summed E-state index contributed by atoms with van der Waals surface area (Å²) >= 11 is 0. The minimum Gasteiger partial charge on any atom is -0.452 e. The van der Waals surface area contributed by atoms with Crippen LogP contribution in [0.15, 0.2) is 29.2 Å². The maximum Gasteiger partial charge on any atom is 0.338 e.